The van der Waals surface area contributed by atoms with E-state index in [2.05, 4.69) is 5.43 Å². The fourth-order valence-electron chi connectivity index (χ4n) is 3.27. The molecule has 0 bridgehead atoms. The normalized spacial score (nSPS) is 15.3. The molecule has 2 amide bonds. The van der Waals surface area contributed by atoms with Gasteiger partial charge in [0.25, 0.3) is 17.6 Å². The highest BCUT2D eigenvalue weighted by Crippen LogP contribution is 2.31. The zero-order chi connectivity index (χ0) is 23.6. The summed E-state index contributed by atoms with van der Waals surface area (Å²) in [4.78, 5) is 26.4. The predicted octanol–water partition coefficient (Wildman–Crippen LogP) is 4.03. The minimum Gasteiger partial charge on any atom is -0.496 e. The monoisotopic (exact) mass is 462 g/mol. The molecule has 1 aliphatic rings. The van der Waals surface area contributed by atoms with Crippen LogP contribution in [0.3, 0.4) is 0 Å². The SMILES string of the molecule is COc1cc(C(=O)N(NC(=O)c2ccc3c(c2)COC(Cl)O3)C(C)(C)C)cc(OC)c1C. The van der Waals surface area contributed by atoms with Gasteiger partial charge in [0.2, 0.25) is 0 Å². The molecule has 0 aromatic heterocycles. The lowest BCUT2D eigenvalue weighted by Crippen LogP contribution is -2.55. The molecule has 1 aliphatic heterocycles. The lowest BCUT2D eigenvalue weighted by atomic mass is 10.0. The smallest absolute Gasteiger partial charge is 0.280 e. The van der Waals surface area contributed by atoms with Crippen molar-refractivity contribution in [3.63, 3.8) is 0 Å². The first-order valence-corrected chi connectivity index (χ1v) is 10.4. The second-order valence-corrected chi connectivity index (χ2v) is 8.64. The Hall–Kier alpha value is -2.97. The van der Waals surface area contributed by atoms with E-state index in [1.807, 2.05) is 27.7 Å². The van der Waals surface area contributed by atoms with Crippen LogP contribution in [0.2, 0.25) is 0 Å². The molecule has 0 aliphatic carbocycles. The summed E-state index contributed by atoms with van der Waals surface area (Å²) in [7, 11) is 3.05. The lowest BCUT2D eigenvalue weighted by molar-refractivity contribution is -0.0509. The van der Waals surface area contributed by atoms with Gasteiger partial charge in [0.05, 0.1) is 26.4 Å². The number of fused-ring (bicyclic) bond motifs is 1. The van der Waals surface area contributed by atoms with Gasteiger partial charge in [0.15, 0.2) is 0 Å². The molecule has 2 aromatic carbocycles. The number of carbonyl (C=O) groups excluding carboxylic acids is 2. The molecule has 1 unspecified atom stereocenters. The Morgan fingerprint density at radius 2 is 1.72 bits per heavy atom. The van der Waals surface area contributed by atoms with Gasteiger partial charge in [-0.1, -0.05) is 0 Å². The largest absolute Gasteiger partial charge is 0.496 e. The van der Waals surface area contributed by atoms with E-state index in [0.717, 1.165) is 5.56 Å². The number of hydrazine groups is 1. The molecule has 0 saturated heterocycles. The number of benzene rings is 2. The van der Waals surface area contributed by atoms with Crippen molar-refractivity contribution in [1.82, 2.24) is 10.4 Å². The molecule has 1 heterocycles. The van der Waals surface area contributed by atoms with Crippen LogP contribution in [0.4, 0.5) is 0 Å². The standard InChI is InChI=1S/C23H27ClN2O6/c1-13-18(29-5)10-15(11-19(13)30-6)21(28)26(23(2,3)4)25-20(27)14-7-8-17-16(9-14)12-31-22(24)32-17/h7-11,22H,12H2,1-6H3,(H,25,27). The van der Waals surface area contributed by atoms with Crippen molar-refractivity contribution in [3.8, 4) is 17.2 Å². The molecular formula is C23H27ClN2O6. The Kier molecular flexibility index (Phi) is 6.85. The van der Waals surface area contributed by atoms with E-state index in [-0.39, 0.29) is 6.61 Å². The number of ether oxygens (including phenoxy) is 4. The maximum Gasteiger partial charge on any atom is 0.280 e. The van der Waals surface area contributed by atoms with Crippen LogP contribution in [0.5, 0.6) is 17.2 Å². The molecule has 1 N–H and O–H groups in total. The molecule has 0 fully saturated rings. The minimum absolute atomic E-state index is 0.218. The second-order valence-electron chi connectivity index (χ2n) is 8.28. The number of alkyl halides is 1. The Morgan fingerprint density at radius 3 is 2.28 bits per heavy atom. The van der Waals surface area contributed by atoms with Crippen LogP contribution in [-0.2, 0) is 11.3 Å². The number of rotatable bonds is 4. The Morgan fingerprint density at radius 1 is 1.09 bits per heavy atom. The van der Waals surface area contributed by atoms with E-state index in [1.165, 1.54) is 19.2 Å². The average Bonchev–Trinajstić information content (AvgIpc) is 2.75. The number of methoxy groups -OCH3 is 2. The number of hydrogen-bond acceptors (Lipinski definition) is 6. The molecule has 2 aromatic rings. The van der Waals surface area contributed by atoms with Gasteiger partial charge >= 0.3 is 0 Å². The molecule has 3 rings (SSSR count). The van der Waals surface area contributed by atoms with Gasteiger partial charge in [0.1, 0.15) is 17.2 Å². The first kappa shape index (κ1) is 23.7. The third-order valence-corrected chi connectivity index (χ3v) is 5.21. The molecule has 8 nitrogen and oxygen atoms in total. The van der Waals surface area contributed by atoms with Crippen LogP contribution < -0.4 is 19.6 Å². The fraction of sp³-hybridized carbons (Fsp3) is 0.391. The van der Waals surface area contributed by atoms with E-state index in [1.54, 1.807) is 30.3 Å². The highest BCUT2D eigenvalue weighted by molar-refractivity contribution is 6.19. The van der Waals surface area contributed by atoms with Gasteiger partial charge in [0, 0.05) is 22.3 Å². The van der Waals surface area contributed by atoms with Crippen LogP contribution in [0.25, 0.3) is 0 Å². The summed E-state index contributed by atoms with van der Waals surface area (Å²) in [5, 5.41) is 1.29. The number of amides is 2. The van der Waals surface area contributed by atoms with E-state index < -0.39 is 23.1 Å². The van der Waals surface area contributed by atoms with Gasteiger partial charge in [-0.2, -0.15) is 0 Å². The molecule has 32 heavy (non-hydrogen) atoms. The summed E-state index contributed by atoms with van der Waals surface area (Å²) in [6.07, 6.45) is 0. The van der Waals surface area contributed by atoms with Crippen molar-refractivity contribution in [2.45, 2.75) is 45.6 Å². The summed E-state index contributed by atoms with van der Waals surface area (Å²) < 4.78 is 21.4. The van der Waals surface area contributed by atoms with Gasteiger partial charge in [-0.25, -0.2) is 5.01 Å². The summed E-state index contributed by atoms with van der Waals surface area (Å²) in [5.41, 5.74) is 4.15. The third kappa shape index (κ3) is 4.92. The van der Waals surface area contributed by atoms with Crippen molar-refractivity contribution >= 4 is 23.4 Å². The van der Waals surface area contributed by atoms with Crippen LogP contribution in [0, 0.1) is 6.92 Å². The van der Waals surface area contributed by atoms with Crippen molar-refractivity contribution < 1.29 is 28.5 Å². The summed E-state index contributed by atoms with van der Waals surface area (Å²) in [6.45, 7) is 7.52. The topological polar surface area (TPSA) is 86.3 Å². The Bertz CT molecular complexity index is 1010. The second kappa shape index (κ2) is 9.26. The zero-order valence-corrected chi connectivity index (χ0v) is 19.7. The first-order valence-electron chi connectivity index (χ1n) is 9.98. The summed E-state index contributed by atoms with van der Waals surface area (Å²) >= 11 is 5.83. The van der Waals surface area contributed by atoms with Crippen molar-refractivity contribution in [2.75, 3.05) is 14.2 Å². The maximum absolute atomic E-state index is 13.4. The molecule has 9 heteroatoms. The van der Waals surface area contributed by atoms with Crippen LogP contribution in [0.1, 0.15) is 52.6 Å². The summed E-state index contributed by atoms with van der Waals surface area (Å²) in [6, 6.07) is 8.16. The minimum atomic E-state index is -0.861. The fourth-order valence-corrected chi connectivity index (χ4v) is 3.42. The van der Waals surface area contributed by atoms with E-state index in [0.29, 0.717) is 33.9 Å². The molecule has 172 valence electrons. The average molecular weight is 463 g/mol. The predicted molar refractivity (Wildman–Crippen MR) is 119 cm³/mol. The highest BCUT2D eigenvalue weighted by Gasteiger charge is 2.31. The number of halogens is 1. The van der Waals surface area contributed by atoms with Crippen molar-refractivity contribution in [1.29, 1.82) is 0 Å². The highest BCUT2D eigenvalue weighted by atomic mass is 35.5. The van der Waals surface area contributed by atoms with Crippen molar-refractivity contribution in [2.24, 2.45) is 0 Å². The Balaban J connectivity index is 1.90. The van der Waals surface area contributed by atoms with Crippen LogP contribution in [0.15, 0.2) is 30.3 Å². The van der Waals surface area contributed by atoms with Crippen molar-refractivity contribution in [3.05, 3.63) is 52.6 Å². The summed E-state index contributed by atoms with van der Waals surface area (Å²) in [5.74, 6) is -0.136. The number of nitrogens with zero attached hydrogens (tertiary/aromatic N) is 1. The van der Waals surface area contributed by atoms with E-state index >= 15 is 0 Å². The number of hydrogen-bond donors (Lipinski definition) is 1. The van der Waals surface area contributed by atoms with Gasteiger partial charge in [-0.3, -0.25) is 15.0 Å². The third-order valence-electron chi connectivity index (χ3n) is 5.00. The van der Waals surface area contributed by atoms with Gasteiger partial charge < -0.3 is 18.9 Å². The molecular weight excluding hydrogens is 436 g/mol. The molecule has 0 radical (unpaired) electrons. The zero-order valence-electron chi connectivity index (χ0n) is 18.9. The maximum atomic E-state index is 13.4. The van der Waals surface area contributed by atoms with E-state index in [4.69, 9.17) is 30.5 Å². The number of carbonyl (C=O) groups is 2. The Labute approximate surface area is 192 Å². The first-order chi connectivity index (χ1) is 15.0. The lowest BCUT2D eigenvalue weighted by Gasteiger charge is -2.35. The quantitative estimate of drug-likeness (QED) is 0.545. The van der Waals surface area contributed by atoms with Crippen LogP contribution >= 0.6 is 11.6 Å². The van der Waals surface area contributed by atoms with Crippen LogP contribution in [-0.4, -0.2) is 42.3 Å². The van der Waals surface area contributed by atoms with Gasteiger partial charge in [-0.15, -0.1) is 0 Å². The van der Waals surface area contributed by atoms with E-state index in [9.17, 15) is 9.59 Å². The molecule has 1 atom stereocenters. The number of nitrogens with one attached hydrogen (secondary N) is 1. The molecule has 0 saturated carbocycles. The molecule has 0 spiro atoms. The van der Waals surface area contributed by atoms with Gasteiger partial charge in [-0.05, 0) is 69.6 Å².